The number of nitrogens with one attached hydrogen (secondary N) is 1. The van der Waals surface area contributed by atoms with E-state index in [1.807, 2.05) is 0 Å². The van der Waals surface area contributed by atoms with Crippen LogP contribution < -0.4 is 10.2 Å². The van der Waals surface area contributed by atoms with Crippen molar-refractivity contribution in [1.82, 2.24) is 15.0 Å². The van der Waals surface area contributed by atoms with Gasteiger partial charge in [-0.1, -0.05) is 23.5 Å². The fourth-order valence-corrected chi connectivity index (χ4v) is 3.27. The molecule has 0 radical (unpaired) electrons. The maximum atomic E-state index is 12.9. The molecule has 0 aliphatic heterocycles. The number of benzene rings is 1. The van der Waals surface area contributed by atoms with Crippen LogP contribution in [-0.4, -0.2) is 40.5 Å². The Kier molecular flexibility index (Phi) is 6.49. The highest BCUT2D eigenvalue weighted by molar-refractivity contribution is 7.19. The molecule has 8 nitrogen and oxygen atoms in total. The van der Waals surface area contributed by atoms with E-state index in [0.717, 1.165) is 17.8 Å². The molecule has 0 fully saturated rings. The first-order valence-corrected chi connectivity index (χ1v) is 9.58. The lowest BCUT2D eigenvalue weighted by Gasteiger charge is -2.18. The summed E-state index contributed by atoms with van der Waals surface area (Å²) >= 11 is 1.19. The summed E-state index contributed by atoms with van der Waals surface area (Å²) < 4.78 is 43.4. The maximum Gasteiger partial charge on any atom is 0.433 e. The molecule has 31 heavy (non-hydrogen) atoms. The van der Waals surface area contributed by atoms with Crippen LogP contribution in [0.2, 0.25) is 0 Å². The average molecular weight is 451 g/mol. The van der Waals surface area contributed by atoms with Crippen LogP contribution in [-0.2, 0) is 20.5 Å². The minimum atomic E-state index is -4.57. The van der Waals surface area contributed by atoms with Crippen LogP contribution in [0.15, 0.2) is 42.7 Å². The molecule has 162 valence electrons. The zero-order valence-electron chi connectivity index (χ0n) is 16.3. The zero-order chi connectivity index (χ0) is 22.6. The molecule has 0 spiro atoms. The standard InChI is InChI=1S/C19H16F3N5O3S/c1-11(28)30-10-16(29)26-18-24-9-14(31-18)12-4-3-5-13(8-12)27(2)17-23-7-6-15(25-17)19(20,21)22/h3-9H,10H2,1-2H3,(H,24,26,29). The van der Waals surface area contributed by atoms with Gasteiger partial charge in [-0.15, -0.1) is 0 Å². The summed E-state index contributed by atoms with van der Waals surface area (Å²) in [5.74, 6) is -1.19. The molecule has 0 atom stereocenters. The van der Waals surface area contributed by atoms with E-state index in [-0.39, 0.29) is 5.95 Å². The van der Waals surface area contributed by atoms with Crippen LogP contribution in [0, 0.1) is 0 Å². The van der Waals surface area contributed by atoms with Gasteiger partial charge in [0, 0.05) is 32.1 Å². The molecule has 2 aromatic heterocycles. The highest BCUT2D eigenvalue weighted by Crippen LogP contribution is 2.33. The lowest BCUT2D eigenvalue weighted by molar-refractivity contribution is -0.145. The van der Waals surface area contributed by atoms with E-state index >= 15 is 0 Å². The van der Waals surface area contributed by atoms with Crippen molar-refractivity contribution in [3.05, 3.63) is 48.4 Å². The second-order valence-corrected chi connectivity index (χ2v) is 7.24. The van der Waals surface area contributed by atoms with E-state index in [0.29, 0.717) is 15.7 Å². The fourth-order valence-electron chi connectivity index (χ4n) is 2.44. The second kappa shape index (κ2) is 9.08. The van der Waals surface area contributed by atoms with E-state index in [9.17, 15) is 22.8 Å². The number of carbonyl (C=O) groups excluding carboxylic acids is 2. The molecule has 0 aliphatic rings. The molecule has 12 heteroatoms. The number of anilines is 3. The van der Waals surface area contributed by atoms with E-state index in [1.54, 1.807) is 37.5 Å². The molecule has 3 aromatic rings. The Bertz CT molecular complexity index is 1100. The van der Waals surface area contributed by atoms with Crippen LogP contribution >= 0.6 is 11.3 Å². The lowest BCUT2D eigenvalue weighted by atomic mass is 10.1. The Morgan fingerprint density at radius 3 is 2.71 bits per heavy atom. The normalized spacial score (nSPS) is 11.1. The van der Waals surface area contributed by atoms with Crippen molar-refractivity contribution in [2.24, 2.45) is 0 Å². The Hall–Kier alpha value is -3.54. The first-order valence-electron chi connectivity index (χ1n) is 8.77. The van der Waals surface area contributed by atoms with Gasteiger partial charge < -0.3 is 9.64 Å². The first-order chi connectivity index (χ1) is 14.6. The molecule has 0 unspecified atom stereocenters. The van der Waals surface area contributed by atoms with Crippen molar-refractivity contribution >= 4 is 40.0 Å². The van der Waals surface area contributed by atoms with Crippen molar-refractivity contribution in [1.29, 1.82) is 0 Å². The Balaban J connectivity index is 1.77. The van der Waals surface area contributed by atoms with Crippen molar-refractivity contribution in [2.75, 3.05) is 23.9 Å². The summed E-state index contributed by atoms with van der Waals surface area (Å²) in [6.07, 6.45) is -1.97. The summed E-state index contributed by atoms with van der Waals surface area (Å²) in [5, 5.41) is 2.84. The molecule has 0 saturated carbocycles. The summed E-state index contributed by atoms with van der Waals surface area (Å²) in [7, 11) is 1.56. The van der Waals surface area contributed by atoms with Gasteiger partial charge in [0.1, 0.15) is 5.69 Å². The maximum absolute atomic E-state index is 12.9. The molecule has 3 rings (SSSR count). The van der Waals surface area contributed by atoms with Crippen LogP contribution in [0.25, 0.3) is 10.4 Å². The van der Waals surface area contributed by atoms with Gasteiger partial charge >= 0.3 is 12.1 Å². The minimum Gasteiger partial charge on any atom is -0.456 e. The third-order valence-corrected chi connectivity index (χ3v) is 4.87. The number of hydrogen-bond donors (Lipinski definition) is 1. The third kappa shape index (κ3) is 5.75. The quantitative estimate of drug-likeness (QED) is 0.568. The molecule has 0 bridgehead atoms. The molecule has 1 amide bonds. The van der Waals surface area contributed by atoms with E-state index in [2.05, 4.69) is 25.0 Å². The smallest absolute Gasteiger partial charge is 0.433 e. The Labute approximate surface area is 178 Å². The van der Waals surface area contributed by atoms with Gasteiger partial charge in [0.05, 0.1) is 4.88 Å². The summed E-state index contributed by atoms with van der Waals surface area (Å²) in [6.45, 7) is 0.782. The van der Waals surface area contributed by atoms with Gasteiger partial charge in [0.15, 0.2) is 11.7 Å². The minimum absolute atomic E-state index is 0.102. The van der Waals surface area contributed by atoms with Crippen molar-refractivity contribution < 1.29 is 27.5 Å². The lowest BCUT2D eigenvalue weighted by Crippen LogP contribution is -2.19. The van der Waals surface area contributed by atoms with Gasteiger partial charge in [-0.25, -0.2) is 15.0 Å². The molecular weight excluding hydrogens is 435 g/mol. The van der Waals surface area contributed by atoms with Crippen LogP contribution in [0.3, 0.4) is 0 Å². The molecule has 0 aliphatic carbocycles. The Morgan fingerprint density at radius 2 is 2.00 bits per heavy atom. The van der Waals surface area contributed by atoms with Gasteiger partial charge in [0.2, 0.25) is 5.95 Å². The number of rotatable bonds is 6. The van der Waals surface area contributed by atoms with Crippen LogP contribution in [0.1, 0.15) is 12.6 Å². The van der Waals surface area contributed by atoms with E-state index in [1.165, 1.54) is 23.2 Å². The number of hydrogen-bond acceptors (Lipinski definition) is 8. The monoisotopic (exact) mass is 451 g/mol. The summed E-state index contributed by atoms with van der Waals surface area (Å²) in [4.78, 5) is 36.3. The topological polar surface area (TPSA) is 97.3 Å². The Morgan fingerprint density at radius 1 is 1.23 bits per heavy atom. The largest absolute Gasteiger partial charge is 0.456 e. The zero-order valence-corrected chi connectivity index (χ0v) is 17.1. The highest BCUT2D eigenvalue weighted by Gasteiger charge is 2.33. The van der Waals surface area contributed by atoms with Gasteiger partial charge in [-0.3, -0.25) is 14.9 Å². The number of ether oxygens (including phenoxy) is 1. The summed E-state index contributed by atoms with van der Waals surface area (Å²) in [5.41, 5.74) is 0.261. The van der Waals surface area contributed by atoms with Crippen molar-refractivity contribution in [3.8, 4) is 10.4 Å². The number of thiazole rings is 1. The van der Waals surface area contributed by atoms with Crippen LogP contribution in [0.5, 0.6) is 0 Å². The number of esters is 1. The van der Waals surface area contributed by atoms with E-state index in [4.69, 9.17) is 0 Å². The summed E-state index contributed by atoms with van der Waals surface area (Å²) in [6, 6.07) is 7.77. The fraction of sp³-hybridized carbons (Fsp3) is 0.211. The van der Waals surface area contributed by atoms with Gasteiger partial charge in [-0.2, -0.15) is 13.2 Å². The highest BCUT2D eigenvalue weighted by atomic mass is 32.1. The van der Waals surface area contributed by atoms with Crippen LogP contribution in [0.4, 0.5) is 29.9 Å². The molecule has 1 aromatic carbocycles. The third-order valence-electron chi connectivity index (χ3n) is 3.91. The molecule has 1 N–H and O–H groups in total. The predicted octanol–water partition coefficient (Wildman–Crippen LogP) is 3.89. The SMILES string of the molecule is CC(=O)OCC(=O)Nc1ncc(-c2cccc(N(C)c3nccc(C(F)(F)F)n3)c2)s1. The van der Waals surface area contributed by atoms with Crippen molar-refractivity contribution in [2.45, 2.75) is 13.1 Å². The second-order valence-electron chi connectivity index (χ2n) is 6.21. The van der Waals surface area contributed by atoms with E-state index < -0.39 is 30.4 Å². The van der Waals surface area contributed by atoms with Gasteiger partial charge in [0.25, 0.3) is 5.91 Å². The molecule has 0 saturated heterocycles. The van der Waals surface area contributed by atoms with Crippen molar-refractivity contribution in [3.63, 3.8) is 0 Å². The number of alkyl halides is 3. The number of amides is 1. The number of aromatic nitrogens is 3. The molecular formula is C19H16F3N5O3S. The number of carbonyl (C=O) groups is 2. The predicted molar refractivity (Wildman–Crippen MR) is 108 cm³/mol. The first kappa shape index (κ1) is 22.2. The molecule has 2 heterocycles. The number of nitrogens with zero attached hydrogens (tertiary/aromatic N) is 4. The number of halogens is 3. The average Bonchev–Trinajstić information content (AvgIpc) is 3.20. The van der Waals surface area contributed by atoms with Gasteiger partial charge in [-0.05, 0) is 23.8 Å².